The average Bonchev–Trinajstić information content (AvgIpc) is 2.54. The van der Waals surface area contributed by atoms with Gasteiger partial charge in [-0.2, -0.15) is 0 Å². The predicted octanol–water partition coefficient (Wildman–Crippen LogP) is 3.50. The number of carbonyl (C=O) groups is 1. The third kappa shape index (κ3) is 5.34. The van der Waals surface area contributed by atoms with Crippen LogP contribution in [0.3, 0.4) is 0 Å². The summed E-state index contributed by atoms with van der Waals surface area (Å²) < 4.78 is 0. The van der Waals surface area contributed by atoms with Crippen molar-refractivity contribution in [2.45, 2.75) is 20.3 Å². The molecule has 0 aliphatic rings. The molecule has 2 rings (SSSR count). The van der Waals surface area contributed by atoms with E-state index in [0.29, 0.717) is 6.54 Å². The van der Waals surface area contributed by atoms with Crippen LogP contribution in [0.4, 0.5) is 5.69 Å². The van der Waals surface area contributed by atoms with E-state index in [9.17, 15) is 4.79 Å². The average molecular weight is 296 g/mol. The maximum absolute atomic E-state index is 12.1. The summed E-state index contributed by atoms with van der Waals surface area (Å²) >= 11 is 0. The lowest BCUT2D eigenvalue weighted by Crippen LogP contribution is -2.34. The second-order valence-corrected chi connectivity index (χ2v) is 5.52. The van der Waals surface area contributed by atoms with Crippen molar-refractivity contribution in [2.24, 2.45) is 0 Å². The van der Waals surface area contributed by atoms with Gasteiger partial charge in [-0.15, -0.1) is 0 Å². The number of anilines is 1. The minimum absolute atomic E-state index is 0.0405. The largest absolute Gasteiger partial charge is 0.325 e. The maximum atomic E-state index is 12.1. The number of carbonyl (C=O) groups excluding carboxylic acids is 1. The first-order chi connectivity index (χ1) is 10.7. The van der Waals surface area contributed by atoms with Crippen molar-refractivity contribution < 1.29 is 4.79 Å². The first-order valence-corrected chi connectivity index (χ1v) is 7.80. The van der Waals surface area contributed by atoms with Crippen LogP contribution in [0.5, 0.6) is 0 Å². The Hall–Kier alpha value is -2.13. The number of aryl methyl sites for hydroxylation is 1. The van der Waals surface area contributed by atoms with Crippen LogP contribution in [0.2, 0.25) is 0 Å². The summed E-state index contributed by atoms with van der Waals surface area (Å²) in [4.78, 5) is 14.3. The van der Waals surface area contributed by atoms with Gasteiger partial charge in [-0.25, -0.2) is 0 Å². The quantitative estimate of drug-likeness (QED) is 0.848. The number of benzene rings is 2. The molecular weight excluding hydrogens is 272 g/mol. The monoisotopic (exact) mass is 296 g/mol. The van der Waals surface area contributed by atoms with Crippen molar-refractivity contribution in [3.8, 4) is 0 Å². The summed E-state index contributed by atoms with van der Waals surface area (Å²) in [7, 11) is 0. The van der Waals surface area contributed by atoms with E-state index in [0.717, 1.165) is 25.2 Å². The normalized spacial score (nSPS) is 10.7. The van der Waals surface area contributed by atoms with Crippen LogP contribution in [0.1, 0.15) is 18.1 Å². The number of likely N-dealkylation sites (N-methyl/N-ethyl adjacent to an activating group) is 1. The Kier molecular flexibility index (Phi) is 6.16. The van der Waals surface area contributed by atoms with Gasteiger partial charge in [0, 0.05) is 12.2 Å². The van der Waals surface area contributed by atoms with Crippen LogP contribution in [-0.2, 0) is 11.2 Å². The van der Waals surface area contributed by atoms with E-state index in [2.05, 4.69) is 41.4 Å². The molecule has 2 aromatic carbocycles. The molecule has 3 heteroatoms. The van der Waals surface area contributed by atoms with E-state index >= 15 is 0 Å². The molecule has 0 bridgehead atoms. The van der Waals surface area contributed by atoms with Crippen LogP contribution < -0.4 is 5.32 Å². The zero-order valence-corrected chi connectivity index (χ0v) is 13.4. The fraction of sp³-hybridized carbons (Fsp3) is 0.316. The molecule has 0 saturated carbocycles. The van der Waals surface area contributed by atoms with Gasteiger partial charge >= 0.3 is 0 Å². The summed E-state index contributed by atoms with van der Waals surface area (Å²) in [6, 6.07) is 18.3. The third-order valence-electron chi connectivity index (χ3n) is 3.71. The van der Waals surface area contributed by atoms with Gasteiger partial charge in [-0.05, 0) is 37.6 Å². The number of rotatable bonds is 7. The van der Waals surface area contributed by atoms with Gasteiger partial charge in [0.1, 0.15) is 0 Å². The Morgan fingerprint density at radius 2 is 1.73 bits per heavy atom. The van der Waals surface area contributed by atoms with Crippen molar-refractivity contribution in [1.29, 1.82) is 0 Å². The Morgan fingerprint density at radius 3 is 2.36 bits per heavy atom. The van der Waals surface area contributed by atoms with Gasteiger partial charge in [-0.3, -0.25) is 9.69 Å². The molecule has 0 heterocycles. The smallest absolute Gasteiger partial charge is 0.238 e. The second kappa shape index (κ2) is 8.35. The van der Waals surface area contributed by atoms with E-state index in [-0.39, 0.29) is 5.91 Å². The lowest BCUT2D eigenvalue weighted by atomic mass is 10.1. The van der Waals surface area contributed by atoms with Crippen molar-refractivity contribution in [2.75, 3.05) is 25.0 Å². The van der Waals surface area contributed by atoms with Crippen molar-refractivity contribution in [3.63, 3.8) is 0 Å². The molecule has 0 spiro atoms. The van der Waals surface area contributed by atoms with Crippen molar-refractivity contribution >= 4 is 11.6 Å². The van der Waals surface area contributed by atoms with Gasteiger partial charge in [0.25, 0.3) is 0 Å². The molecule has 116 valence electrons. The van der Waals surface area contributed by atoms with E-state index in [1.165, 1.54) is 11.1 Å². The molecule has 0 radical (unpaired) electrons. The zero-order valence-electron chi connectivity index (χ0n) is 13.4. The van der Waals surface area contributed by atoms with Crippen LogP contribution in [0, 0.1) is 6.92 Å². The Morgan fingerprint density at radius 1 is 1.05 bits per heavy atom. The van der Waals surface area contributed by atoms with E-state index < -0.39 is 0 Å². The Bertz CT molecular complexity index is 578. The lowest BCUT2D eigenvalue weighted by Gasteiger charge is -2.19. The van der Waals surface area contributed by atoms with Crippen LogP contribution in [-0.4, -0.2) is 30.4 Å². The van der Waals surface area contributed by atoms with Gasteiger partial charge < -0.3 is 5.32 Å². The highest BCUT2D eigenvalue weighted by Crippen LogP contribution is 2.08. The van der Waals surface area contributed by atoms with Crippen LogP contribution >= 0.6 is 0 Å². The highest BCUT2D eigenvalue weighted by Gasteiger charge is 2.09. The second-order valence-electron chi connectivity index (χ2n) is 5.52. The number of hydrogen-bond acceptors (Lipinski definition) is 2. The van der Waals surface area contributed by atoms with E-state index in [4.69, 9.17) is 0 Å². The van der Waals surface area contributed by atoms with Gasteiger partial charge in [-0.1, -0.05) is 55.0 Å². The fourth-order valence-corrected chi connectivity index (χ4v) is 2.32. The number of nitrogens with zero attached hydrogens (tertiary/aromatic N) is 1. The molecule has 3 nitrogen and oxygen atoms in total. The summed E-state index contributed by atoms with van der Waals surface area (Å²) in [5.74, 6) is 0.0405. The van der Waals surface area contributed by atoms with Gasteiger partial charge in [0.05, 0.1) is 6.54 Å². The fourth-order valence-electron chi connectivity index (χ4n) is 2.32. The predicted molar refractivity (Wildman–Crippen MR) is 92.1 cm³/mol. The number of hydrogen-bond donors (Lipinski definition) is 1. The molecule has 22 heavy (non-hydrogen) atoms. The minimum Gasteiger partial charge on any atom is -0.325 e. The summed E-state index contributed by atoms with van der Waals surface area (Å²) in [6.07, 6.45) is 0.965. The molecule has 0 fully saturated rings. The Balaban J connectivity index is 1.81. The standard InChI is InChI=1S/C19H24N2O/c1-3-21(14-13-17-7-5-4-6-8-17)15-19(22)20-18-11-9-16(2)10-12-18/h4-12H,3,13-15H2,1-2H3,(H,20,22). The highest BCUT2D eigenvalue weighted by atomic mass is 16.2. The first kappa shape index (κ1) is 16.2. The van der Waals surface area contributed by atoms with Gasteiger partial charge in [0.2, 0.25) is 5.91 Å². The van der Waals surface area contributed by atoms with Gasteiger partial charge in [0.15, 0.2) is 0 Å². The topological polar surface area (TPSA) is 32.3 Å². The Labute approximate surface area is 133 Å². The summed E-state index contributed by atoms with van der Waals surface area (Å²) in [5.41, 5.74) is 3.35. The molecule has 1 N–H and O–H groups in total. The third-order valence-corrected chi connectivity index (χ3v) is 3.71. The van der Waals surface area contributed by atoms with E-state index in [1.54, 1.807) is 0 Å². The van der Waals surface area contributed by atoms with Crippen LogP contribution in [0.15, 0.2) is 54.6 Å². The van der Waals surface area contributed by atoms with Crippen LogP contribution in [0.25, 0.3) is 0 Å². The number of amides is 1. The van der Waals surface area contributed by atoms with E-state index in [1.807, 2.05) is 37.3 Å². The molecular formula is C19H24N2O. The summed E-state index contributed by atoms with van der Waals surface area (Å²) in [5, 5.41) is 2.95. The number of nitrogens with one attached hydrogen (secondary N) is 1. The molecule has 0 saturated heterocycles. The minimum atomic E-state index is 0.0405. The SMILES string of the molecule is CCN(CCc1ccccc1)CC(=O)Nc1ccc(C)cc1. The molecule has 2 aromatic rings. The molecule has 0 unspecified atom stereocenters. The maximum Gasteiger partial charge on any atom is 0.238 e. The molecule has 0 aliphatic heterocycles. The highest BCUT2D eigenvalue weighted by molar-refractivity contribution is 5.92. The summed E-state index contributed by atoms with van der Waals surface area (Å²) in [6.45, 7) is 6.31. The van der Waals surface area contributed by atoms with Crippen molar-refractivity contribution in [3.05, 3.63) is 65.7 Å². The molecule has 1 amide bonds. The molecule has 0 aliphatic carbocycles. The first-order valence-electron chi connectivity index (χ1n) is 7.80. The lowest BCUT2D eigenvalue weighted by molar-refractivity contribution is -0.117. The molecule has 0 aromatic heterocycles. The van der Waals surface area contributed by atoms with Crippen molar-refractivity contribution in [1.82, 2.24) is 4.90 Å². The molecule has 0 atom stereocenters. The zero-order chi connectivity index (χ0) is 15.8.